The van der Waals surface area contributed by atoms with Crippen LogP contribution in [0, 0.1) is 35.0 Å². The SMILES string of the molecule is NCC1CCC(C=NC(=S)C23CC4CC(c5ccccc5)(CC(C2)C4CCC(F)F)C3)CC1. The summed E-state index contributed by atoms with van der Waals surface area (Å²) in [5, 5.41) is 0. The fraction of sp³-hybridized carbons (Fsp3) is 0.714. The molecule has 180 valence electrons. The monoisotopic (exact) mass is 472 g/mol. The van der Waals surface area contributed by atoms with Gasteiger partial charge < -0.3 is 5.73 Å². The summed E-state index contributed by atoms with van der Waals surface area (Å²) in [6.45, 7) is 0.794. The highest BCUT2D eigenvalue weighted by atomic mass is 32.1. The molecule has 0 heterocycles. The fourth-order valence-corrected chi connectivity index (χ4v) is 8.60. The van der Waals surface area contributed by atoms with Crippen molar-refractivity contribution in [1.82, 2.24) is 0 Å². The molecule has 2 unspecified atom stereocenters. The van der Waals surface area contributed by atoms with Crippen LogP contribution in [0.1, 0.15) is 76.2 Å². The molecule has 4 bridgehead atoms. The molecule has 2 nitrogen and oxygen atoms in total. The lowest BCUT2D eigenvalue weighted by molar-refractivity contribution is -0.0864. The molecule has 0 saturated heterocycles. The first kappa shape index (κ1) is 23.5. The minimum atomic E-state index is -2.20. The van der Waals surface area contributed by atoms with Gasteiger partial charge in [0.25, 0.3) is 0 Å². The molecule has 5 aliphatic rings. The summed E-state index contributed by atoms with van der Waals surface area (Å²) in [6.07, 6.45) is 10.8. The van der Waals surface area contributed by atoms with Crippen molar-refractivity contribution in [2.24, 2.45) is 45.7 Å². The van der Waals surface area contributed by atoms with Crippen molar-refractivity contribution in [3.8, 4) is 0 Å². The van der Waals surface area contributed by atoms with Crippen LogP contribution in [0.2, 0.25) is 0 Å². The first-order chi connectivity index (χ1) is 15.9. The van der Waals surface area contributed by atoms with Gasteiger partial charge in [-0.1, -0.05) is 42.5 Å². The second kappa shape index (κ2) is 9.45. The largest absolute Gasteiger partial charge is 0.330 e. The molecule has 0 amide bonds. The molecule has 5 saturated carbocycles. The Bertz CT molecular complexity index is 846. The van der Waals surface area contributed by atoms with Crippen molar-refractivity contribution >= 4 is 23.4 Å². The Hall–Kier alpha value is -1.20. The standard InChI is InChI=1S/C28H38F2N2S/c29-25(30)11-10-24-21-12-27(23-4-2-1-3-5-23)13-22(24)15-28(14-21,18-27)26(33)32-17-20-8-6-19(16-31)7-9-20/h1-5,17,19-22,24-25H,6-16,18,31H2. The van der Waals surface area contributed by atoms with Crippen LogP contribution in [-0.4, -0.2) is 24.2 Å². The van der Waals surface area contributed by atoms with E-state index < -0.39 is 6.43 Å². The first-order valence-electron chi connectivity index (χ1n) is 13.1. The highest BCUT2D eigenvalue weighted by molar-refractivity contribution is 7.80. The summed E-state index contributed by atoms with van der Waals surface area (Å²) in [5.41, 5.74) is 7.37. The molecule has 6 rings (SSSR count). The third-order valence-electron chi connectivity index (χ3n) is 9.68. The topological polar surface area (TPSA) is 38.4 Å². The zero-order valence-electron chi connectivity index (χ0n) is 19.6. The molecule has 0 aromatic heterocycles. The maximum absolute atomic E-state index is 13.1. The normalized spacial score (nSPS) is 40.1. The highest BCUT2D eigenvalue weighted by Gasteiger charge is 2.62. The summed E-state index contributed by atoms with van der Waals surface area (Å²) in [6, 6.07) is 10.9. The van der Waals surface area contributed by atoms with E-state index in [1.807, 2.05) is 0 Å². The molecule has 5 fully saturated rings. The lowest BCUT2D eigenvalue weighted by Crippen LogP contribution is -2.59. The molecule has 5 aliphatic carbocycles. The Labute approximate surface area is 202 Å². The number of aliphatic imine (C=N–C) groups is 1. The van der Waals surface area contributed by atoms with E-state index in [-0.39, 0.29) is 17.3 Å². The summed E-state index contributed by atoms with van der Waals surface area (Å²) < 4.78 is 26.1. The predicted octanol–water partition coefficient (Wildman–Crippen LogP) is 6.96. The lowest BCUT2D eigenvalue weighted by Gasteiger charge is -2.65. The van der Waals surface area contributed by atoms with Crippen LogP contribution in [0.25, 0.3) is 0 Å². The second-order valence-corrected chi connectivity index (χ2v) is 12.1. The van der Waals surface area contributed by atoms with Crippen LogP contribution in [0.3, 0.4) is 0 Å². The van der Waals surface area contributed by atoms with E-state index in [0.717, 1.165) is 56.5 Å². The van der Waals surface area contributed by atoms with Gasteiger partial charge in [0.1, 0.15) is 4.99 Å². The van der Waals surface area contributed by atoms with Crippen LogP contribution >= 0.6 is 12.2 Å². The Morgan fingerprint density at radius 1 is 1.06 bits per heavy atom. The van der Waals surface area contributed by atoms with Gasteiger partial charge in [0, 0.05) is 18.1 Å². The van der Waals surface area contributed by atoms with Crippen molar-refractivity contribution < 1.29 is 8.78 Å². The van der Waals surface area contributed by atoms with E-state index in [2.05, 4.69) is 36.5 Å². The van der Waals surface area contributed by atoms with Gasteiger partial charge in [-0.15, -0.1) is 0 Å². The molecule has 2 N–H and O–H groups in total. The molecule has 2 atom stereocenters. The maximum atomic E-state index is 13.1. The van der Waals surface area contributed by atoms with Gasteiger partial charge in [0.05, 0.1) is 0 Å². The average molecular weight is 473 g/mol. The van der Waals surface area contributed by atoms with E-state index in [0.29, 0.717) is 36.0 Å². The van der Waals surface area contributed by atoms with Gasteiger partial charge in [-0.3, -0.25) is 4.99 Å². The number of thiocarbonyl (C=S) groups is 1. The molecular formula is C28H38F2N2S. The molecular weight excluding hydrogens is 434 g/mol. The van der Waals surface area contributed by atoms with Gasteiger partial charge in [-0.25, -0.2) is 8.78 Å². The minimum Gasteiger partial charge on any atom is -0.330 e. The van der Waals surface area contributed by atoms with Crippen molar-refractivity contribution in [3.63, 3.8) is 0 Å². The third-order valence-corrected chi connectivity index (χ3v) is 10.2. The average Bonchev–Trinajstić information content (AvgIpc) is 2.82. The maximum Gasteiger partial charge on any atom is 0.238 e. The van der Waals surface area contributed by atoms with Gasteiger partial charge in [-0.2, -0.15) is 0 Å². The van der Waals surface area contributed by atoms with E-state index in [1.54, 1.807) is 0 Å². The predicted molar refractivity (Wildman–Crippen MR) is 135 cm³/mol. The van der Waals surface area contributed by atoms with Crippen LogP contribution in [0.5, 0.6) is 0 Å². The van der Waals surface area contributed by atoms with E-state index in [1.165, 1.54) is 18.4 Å². The van der Waals surface area contributed by atoms with Crippen LogP contribution in [-0.2, 0) is 5.41 Å². The Kier molecular flexibility index (Phi) is 6.74. The van der Waals surface area contributed by atoms with Gasteiger partial charge in [0.15, 0.2) is 0 Å². The Balaban J connectivity index is 1.37. The van der Waals surface area contributed by atoms with Crippen LogP contribution in [0.15, 0.2) is 35.3 Å². The third kappa shape index (κ3) is 4.57. The molecule has 1 aromatic rings. The summed E-state index contributed by atoms with van der Waals surface area (Å²) in [4.78, 5) is 5.86. The molecule has 0 aliphatic heterocycles. The van der Waals surface area contributed by atoms with Crippen LogP contribution < -0.4 is 5.73 Å². The van der Waals surface area contributed by atoms with Crippen molar-refractivity contribution in [2.75, 3.05) is 6.54 Å². The zero-order valence-corrected chi connectivity index (χ0v) is 20.4. The molecule has 0 radical (unpaired) electrons. The first-order valence-corrected chi connectivity index (χ1v) is 13.5. The van der Waals surface area contributed by atoms with Crippen molar-refractivity contribution in [3.05, 3.63) is 35.9 Å². The summed E-state index contributed by atoms with van der Waals surface area (Å²) >= 11 is 6.07. The van der Waals surface area contributed by atoms with Crippen LogP contribution in [0.4, 0.5) is 8.78 Å². The van der Waals surface area contributed by atoms with Crippen molar-refractivity contribution in [1.29, 1.82) is 0 Å². The van der Waals surface area contributed by atoms with Gasteiger partial charge in [-0.05, 0) is 111 Å². The minimum absolute atomic E-state index is 0.0384. The number of rotatable bonds is 7. The number of hydrogen-bond donors (Lipinski definition) is 1. The highest BCUT2D eigenvalue weighted by Crippen LogP contribution is 2.68. The summed E-state index contributed by atoms with van der Waals surface area (Å²) in [5.74, 6) is 2.57. The smallest absolute Gasteiger partial charge is 0.238 e. The molecule has 1 aromatic carbocycles. The van der Waals surface area contributed by atoms with E-state index >= 15 is 0 Å². The number of nitrogens with zero attached hydrogens (tertiary/aromatic N) is 1. The number of hydrogen-bond acceptors (Lipinski definition) is 2. The molecule has 5 heteroatoms. The molecule has 0 spiro atoms. The number of alkyl halides is 2. The number of benzene rings is 1. The fourth-order valence-electron chi connectivity index (χ4n) is 8.30. The Morgan fingerprint density at radius 2 is 1.73 bits per heavy atom. The van der Waals surface area contributed by atoms with Gasteiger partial charge >= 0.3 is 0 Å². The number of nitrogens with two attached hydrogens (primary N) is 1. The van der Waals surface area contributed by atoms with Gasteiger partial charge in [0.2, 0.25) is 6.43 Å². The van der Waals surface area contributed by atoms with Crippen molar-refractivity contribution in [2.45, 2.75) is 82.5 Å². The second-order valence-electron chi connectivity index (χ2n) is 11.7. The summed E-state index contributed by atoms with van der Waals surface area (Å²) in [7, 11) is 0. The zero-order chi connectivity index (χ0) is 23.1. The molecule has 33 heavy (non-hydrogen) atoms. The van der Waals surface area contributed by atoms with E-state index in [4.69, 9.17) is 22.9 Å². The van der Waals surface area contributed by atoms with E-state index in [9.17, 15) is 8.78 Å². The Morgan fingerprint density at radius 3 is 2.33 bits per heavy atom. The quantitative estimate of drug-likeness (QED) is 0.344. The number of halogens is 2. The lowest BCUT2D eigenvalue weighted by atomic mass is 9.40.